The van der Waals surface area contributed by atoms with Crippen molar-refractivity contribution in [1.82, 2.24) is 10.2 Å². The van der Waals surface area contributed by atoms with Crippen LogP contribution in [0.5, 0.6) is 0 Å². The van der Waals surface area contributed by atoms with Crippen LogP contribution < -0.4 is 9.62 Å². The number of nitrogens with one attached hydrogen (secondary N) is 1. The van der Waals surface area contributed by atoms with Crippen LogP contribution >= 0.6 is 11.6 Å². The van der Waals surface area contributed by atoms with Gasteiger partial charge in [0.1, 0.15) is 12.6 Å². The molecule has 0 spiro atoms. The van der Waals surface area contributed by atoms with Crippen LogP contribution in [0, 0.1) is 6.92 Å². The van der Waals surface area contributed by atoms with Gasteiger partial charge in [-0.15, -0.1) is 0 Å². The fraction of sp³-hybridized carbons (Fsp3) is 0.462. The first-order chi connectivity index (χ1) is 17.6. The number of amides is 2. The quantitative estimate of drug-likeness (QED) is 0.401. The number of benzene rings is 2. The second kappa shape index (κ2) is 12.8. The molecule has 210 valence electrons. The zero-order chi connectivity index (χ0) is 28.8. The van der Waals surface area contributed by atoms with E-state index in [4.69, 9.17) is 11.6 Å². The summed E-state index contributed by atoms with van der Waals surface area (Å²) in [4.78, 5) is 28.1. The largest absolute Gasteiger partial charge is 0.416 e. The lowest BCUT2D eigenvalue weighted by molar-refractivity contribution is -0.140. The van der Waals surface area contributed by atoms with Gasteiger partial charge in [0.2, 0.25) is 21.8 Å². The third-order valence-electron chi connectivity index (χ3n) is 6.04. The van der Waals surface area contributed by atoms with Crippen molar-refractivity contribution in [2.24, 2.45) is 0 Å². The molecular weight excluding hydrogens is 543 g/mol. The van der Waals surface area contributed by atoms with Crippen molar-refractivity contribution in [2.75, 3.05) is 17.1 Å². The third-order valence-corrected chi connectivity index (χ3v) is 7.49. The molecule has 0 fully saturated rings. The number of anilines is 1. The van der Waals surface area contributed by atoms with Crippen molar-refractivity contribution in [3.05, 3.63) is 64.2 Å². The maximum atomic E-state index is 13.7. The molecule has 7 nitrogen and oxygen atoms in total. The molecule has 0 radical (unpaired) electrons. The highest BCUT2D eigenvalue weighted by Crippen LogP contribution is 2.36. The molecule has 0 unspecified atom stereocenters. The lowest BCUT2D eigenvalue weighted by Gasteiger charge is -2.33. The highest BCUT2D eigenvalue weighted by atomic mass is 35.5. The summed E-state index contributed by atoms with van der Waals surface area (Å²) in [7, 11) is -4.25. The Morgan fingerprint density at radius 1 is 1.08 bits per heavy atom. The molecule has 0 aromatic heterocycles. The van der Waals surface area contributed by atoms with E-state index >= 15 is 0 Å². The number of alkyl halides is 3. The number of rotatable bonds is 11. The maximum Gasteiger partial charge on any atom is 0.416 e. The van der Waals surface area contributed by atoms with E-state index in [1.54, 1.807) is 19.1 Å². The Labute approximate surface area is 227 Å². The van der Waals surface area contributed by atoms with Crippen molar-refractivity contribution in [3.8, 4) is 0 Å². The molecule has 0 saturated heterocycles. The molecule has 2 rings (SSSR count). The average Bonchev–Trinajstić information content (AvgIpc) is 2.81. The fourth-order valence-electron chi connectivity index (χ4n) is 3.84. The standard InChI is InChI=1S/C26H33ClF3N3O4S/c1-6-18(4)31-25(35)22(7-2)32(15-19-10-8-9-17(3)13-19)24(34)16-33(38(5,36)37)23-14-20(26(28,29)30)11-12-21(23)27/h8-14,18,22H,6-7,15-16H2,1-5H3,(H,31,35)/t18-,22-/m0/s1. The lowest BCUT2D eigenvalue weighted by atomic mass is 10.1. The molecular formula is C26H33ClF3N3O4S. The first-order valence-electron chi connectivity index (χ1n) is 12.1. The Balaban J connectivity index is 2.55. The third kappa shape index (κ3) is 8.36. The van der Waals surface area contributed by atoms with Crippen LogP contribution in [-0.2, 0) is 32.3 Å². The molecule has 0 aliphatic carbocycles. The van der Waals surface area contributed by atoms with Gasteiger partial charge in [0.05, 0.1) is 22.5 Å². The van der Waals surface area contributed by atoms with E-state index in [0.29, 0.717) is 22.4 Å². The lowest BCUT2D eigenvalue weighted by Crippen LogP contribution is -2.53. The van der Waals surface area contributed by atoms with Gasteiger partial charge in [-0.3, -0.25) is 13.9 Å². The van der Waals surface area contributed by atoms with E-state index in [9.17, 15) is 31.2 Å². The van der Waals surface area contributed by atoms with Crippen LogP contribution in [0.15, 0.2) is 42.5 Å². The Kier molecular flexibility index (Phi) is 10.6. The molecule has 0 aliphatic heterocycles. The number of hydrogen-bond donors (Lipinski definition) is 1. The predicted octanol–water partition coefficient (Wildman–Crippen LogP) is 5.16. The van der Waals surface area contributed by atoms with Crippen LogP contribution in [0.3, 0.4) is 0 Å². The number of nitrogens with zero attached hydrogens (tertiary/aromatic N) is 2. The van der Waals surface area contributed by atoms with E-state index in [-0.39, 0.29) is 24.0 Å². The van der Waals surface area contributed by atoms with Gasteiger partial charge in [-0.1, -0.05) is 55.3 Å². The molecule has 12 heteroatoms. The molecule has 0 heterocycles. The first kappa shape index (κ1) is 31.4. The number of carbonyl (C=O) groups is 2. The van der Waals surface area contributed by atoms with Gasteiger partial charge in [-0.2, -0.15) is 13.2 Å². The summed E-state index contributed by atoms with van der Waals surface area (Å²) in [6.45, 7) is 6.43. The van der Waals surface area contributed by atoms with Crippen LogP contribution in [0.25, 0.3) is 0 Å². The van der Waals surface area contributed by atoms with Crippen LogP contribution in [-0.4, -0.2) is 50.0 Å². The molecule has 0 aliphatic rings. The summed E-state index contributed by atoms with van der Waals surface area (Å²) in [5.74, 6) is -1.18. The van der Waals surface area contributed by atoms with Crippen molar-refractivity contribution in [3.63, 3.8) is 0 Å². The van der Waals surface area contributed by atoms with Crippen LogP contribution in [0.4, 0.5) is 18.9 Å². The number of sulfonamides is 1. The normalized spacial score (nSPS) is 13.5. The molecule has 2 aromatic rings. The number of halogens is 4. The van der Waals surface area contributed by atoms with E-state index in [2.05, 4.69) is 5.32 Å². The van der Waals surface area contributed by atoms with E-state index in [0.717, 1.165) is 24.0 Å². The van der Waals surface area contributed by atoms with Gasteiger partial charge in [0.25, 0.3) is 0 Å². The van der Waals surface area contributed by atoms with Crippen LogP contribution in [0.2, 0.25) is 5.02 Å². The van der Waals surface area contributed by atoms with Crippen molar-refractivity contribution in [2.45, 2.75) is 65.3 Å². The summed E-state index contributed by atoms with van der Waals surface area (Å²) < 4.78 is 66.0. The average molecular weight is 576 g/mol. The number of hydrogen-bond acceptors (Lipinski definition) is 4. The Hall–Kier alpha value is -2.79. The van der Waals surface area contributed by atoms with Gasteiger partial charge >= 0.3 is 6.18 Å². The molecule has 38 heavy (non-hydrogen) atoms. The minimum atomic E-state index is -4.76. The van der Waals surface area contributed by atoms with E-state index in [1.165, 1.54) is 4.90 Å². The predicted molar refractivity (Wildman–Crippen MR) is 142 cm³/mol. The second-order valence-corrected chi connectivity index (χ2v) is 11.5. The van der Waals surface area contributed by atoms with E-state index < -0.39 is 51.9 Å². The number of aryl methyl sites for hydroxylation is 1. The molecule has 2 aromatic carbocycles. The Bertz CT molecular complexity index is 1250. The zero-order valence-electron chi connectivity index (χ0n) is 22.0. The minimum Gasteiger partial charge on any atom is -0.352 e. The first-order valence-corrected chi connectivity index (χ1v) is 14.3. The van der Waals surface area contributed by atoms with Gasteiger partial charge in [0, 0.05) is 12.6 Å². The molecule has 0 saturated carbocycles. The van der Waals surface area contributed by atoms with Crippen molar-refractivity contribution in [1.29, 1.82) is 0 Å². The van der Waals surface area contributed by atoms with Crippen LogP contribution in [0.1, 0.15) is 50.3 Å². The second-order valence-electron chi connectivity index (χ2n) is 9.19. The SMILES string of the molecule is CC[C@H](C)NC(=O)[C@H](CC)N(Cc1cccc(C)c1)C(=O)CN(c1cc(C(F)(F)F)ccc1Cl)S(C)(=O)=O. The summed E-state index contributed by atoms with van der Waals surface area (Å²) >= 11 is 6.11. The molecule has 0 bridgehead atoms. The van der Waals surface area contributed by atoms with Crippen molar-refractivity contribution >= 4 is 39.1 Å². The fourth-order valence-corrected chi connectivity index (χ4v) is 4.97. The maximum absolute atomic E-state index is 13.7. The minimum absolute atomic E-state index is 0.0130. The molecule has 1 N–H and O–H groups in total. The summed E-state index contributed by atoms with van der Waals surface area (Å²) in [6, 6.07) is 8.39. The monoisotopic (exact) mass is 575 g/mol. The Morgan fingerprint density at radius 2 is 1.74 bits per heavy atom. The Morgan fingerprint density at radius 3 is 2.26 bits per heavy atom. The molecule has 2 amide bonds. The summed E-state index contributed by atoms with van der Waals surface area (Å²) in [6.07, 6.45) is -3.10. The smallest absolute Gasteiger partial charge is 0.352 e. The molecule has 2 atom stereocenters. The van der Waals surface area contributed by atoms with Gasteiger partial charge in [0.15, 0.2) is 0 Å². The van der Waals surface area contributed by atoms with Gasteiger partial charge in [-0.25, -0.2) is 8.42 Å². The number of carbonyl (C=O) groups excluding carboxylic acids is 2. The highest BCUT2D eigenvalue weighted by molar-refractivity contribution is 7.92. The van der Waals surface area contributed by atoms with E-state index in [1.807, 2.05) is 32.9 Å². The van der Waals surface area contributed by atoms with Gasteiger partial charge in [-0.05, 0) is 50.5 Å². The highest BCUT2D eigenvalue weighted by Gasteiger charge is 2.35. The van der Waals surface area contributed by atoms with Crippen molar-refractivity contribution < 1.29 is 31.2 Å². The summed E-state index contributed by atoms with van der Waals surface area (Å²) in [5.41, 5.74) is 0.0237. The zero-order valence-corrected chi connectivity index (χ0v) is 23.5. The summed E-state index contributed by atoms with van der Waals surface area (Å²) in [5, 5.41) is 2.58. The van der Waals surface area contributed by atoms with Gasteiger partial charge < -0.3 is 10.2 Å². The topological polar surface area (TPSA) is 86.8 Å².